The molecule has 0 bridgehead atoms. The Balaban J connectivity index is 1.37. The summed E-state index contributed by atoms with van der Waals surface area (Å²) in [4.78, 5) is 32.5. The molecule has 2 aliphatic rings. The number of carbonyl (C=O) groups excluding carboxylic acids is 2. The van der Waals surface area contributed by atoms with E-state index in [1.807, 2.05) is 17.0 Å². The van der Waals surface area contributed by atoms with Gasteiger partial charge in [0.05, 0.1) is 0 Å². The predicted octanol–water partition coefficient (Wildman–Crippen LogP) is 2.21. The molecule has 1 aliphatic heterocycles. The molecule has 1 aromatic heterocycles. The highest BCUT2D eigenvalue weighted by Crippen LogP contribution is 2.29. The standard InChI is InChI=1S/C18H19N3O3/c22-17(20-9-13-3-1-2-4-14(13)10-20)7-8-21(15-5-6-15)18(23)16-11-24-12-19-16/h1-4,11-12,15H,5-10H2. The van der Waals surface area contributed by atoms with Gasteiger partial charge in [-0.1, -0.05) is 24.3 Å². The Morgan fingerprint density at radius 2 is 1.92 bits per heavy atom. The lowest BCUT2D eigenvalue weighted by atomic mass is 10.1. The van der Waals surface area contributed by atoms with Crippen molar-refractivity contribution in [3.8, 4) is 0 Å². The number of amides is 2. The maximum atomic E-state index is 12.5. The van der Waals surface area contributed by atoms with Crippen molar-refractivity contribution in [1.82, 2.24) is 14.8 Å². The van der Waals surface area contributed by atoms with Crippen LogP contribution in [-0.4, -0.2) is 39.2 Å². The van der Waals surface area contributed by atoms with Crippen LogP contribution in [0, 0.1) is 0 Å². The molecule has 2 amide bonds. The summed E-state index contributed by atoms with van der Waals surface area (Å²) in [7, 11) is 0. The first-order chi connectivity index (χ1) is 11.7. The third kappa shape index (κ3) is 2.91. The van der Waals surface area contributed by atoms with Crippen LogP contribution < -0.4 is 0 Å². The maximum absolute atomic E-state index is 12.5. The van der Waals surface area contributed by atoms with Crippen LogP contribution in [-0.2, 0) is 17.9 Å². The lowest BCUT2D eigenvalue weighted by molar-refractivity contribution is -0.132. The van der Waals surface area contributed by atoms with Gasteiger partial charge in [0.15, 0.2) is 12.1 Å². The van der Waals surface area contributed by atoms with Crippen molar-refractivity contribution in [3.63, 3.8) is 0 Å². The highest BCUT2D eigenvalue weighted by molar-refractivity contribution is 5.92. The molecule has 24 heavy (non-hydrogen) atoms. The van der Waals surface area contributed by atoms with E-state index < -0.39 is 0 Å². The second-order valence-electron chi connectivity index (χ2n) is 6.37. The van der Waals surface area contributed by atoms with Crippen molar-refractivity contribution in [2.45, 2.75) is 38.4 Å². The molecule has 1 aromatic carbocycles. The van der Waals surface area contributed by atoms with E-state index in [0.717, 1.165) is 12.8 Å². The molecule has 1 saturated carbocycles. The number of hydrogen-bond donors (Lipinski definition) is 0. The smallest absolute Gasteiger partial charge is 0.276 e. The highest BCUT2D eigenvalue weighted by Gasteiger charge is 2.34. The number of carbonyl (C=O) groups is 2. The molecule has 0 atom stereocenters. The van der Waals surface area contributed by atoms with Crippen molar-refractivity contribution in [1.29, 1.82) is 0 Å². The van der Waals surface area contributed by atoms with E-state index in [1.165, 1.54) is 23.8 Å². The molecule has 1 fully saturated rings. The fourth-order valence-corrected chi connectivity index (χ4v) is 3.19. The minimum atomic E-state index is -0.149. The van der Waals surface area contributed by atoms with E-state index in [2.05, 4.69) is 17.1 Å². The van der Waals surface area contributed by atoms with Crippen LogP contribution in [0.3, 0.4) is 0 Å². The lowest BCUT2D eigenvalue weighted by Crippen LogP contribution is -2.37. The topological polar surface area (TPSA) is 66.7 Å². The van der Waals surface area contributed by atoms with Gasteiger partial charge in [-0.3, -0.25) is 9.59 Å². The molecular formula is C18H19N3O3. The van der Waals surface area contributed by atoms with E-state index in [1.54, 1.807) is 4.90 Å². The summed E-state index contributed by atoms with van der Waals surface area (Å²) in [5, 5.41) is 0. The fraction of sp³-hybridized carbons (Fsp3) is 0.389. The quantitative estimate of drug-likeness (QED) is 0.845. The maximum Gasteiger partial charge on any atom is 0.276 e. The summed E-state index contributed by atoms with van der Waals surface area (Å²) in [6, 6.07) is 8.36. The van der Waals surface area contributed by atoms with Gasteiger partial charge in [-0.25, -0.2) is 4.98 Å². The molecule has 124 valence electrons. The van der Waals surface area contributed by atoms with Crippen LogP contribution in [0.15, 0.2) is 41.3 Å². The van der Waals surface area contributed by atoms with Crippen LogP contribution in [0.4, 0.5) is 0 Å². The van der Waals surface area contributed by atoms with Crippen LogP contribution in [0.1, 0.15) is 40.9 Å². The summed E-state index contributed by atoms with van der Waals surface area (Å²) >= 11 is 0. The molecule has 4 rings (SSSR count). The van der Waals surface area contributed by atoms with Gasteiger partial charge < -0.3 is 14.2 Å². The highest BCUT2D eigenvalue weighted by atomic mass is 16.3. The summed E-state index contributed by atoms with van der Waals surface area (Å²) < 4.78 is 4.89. The van der Waals surface area contributed by atoms with Crippen LogP contribution >= 0.6 is 0 Å². The van der Waals surface area contributed by atoms with E-state index in [4.69, 9.17) is 4.42 Å². The molecule has 2 heterocycles. The van der Waals surface area contributed by atoms with Crippen LogP contribution in [0.25, 0.3) is 0 Å². The van der Waals surface area contributed by atoms with Crippen molar-refractivity contribution in [3.05, 3.63) is 53.7 Å². The largest absolute Gasteiger partial charge is 0.451 e. The molecule has 6 heteroatoms. The summed E-state index contributed by atoms with van der Waals surface area (Å²) in [5.74, 6) is -0.0615. The number of rotatable bonds is 5. The first kappa shape index (κ1) is 14.9. The van der Waals surface area contributed by atoms with E-state index >= 15 is 0 Å². The van der Waals surface area contributed by atoms with Crippen molar-refractivity contribution in [2.75, 3.05) is 6.54 Å². The third-order valence-electron chi connectivity index (χ3n) is 4.66. The van der Waals surface area contributed by atoms with Gasteiger partial charge in [-0.15, -0.1) is 0 Å². The normalized spacial score (nSPS) is 16.1. The van der Waals surface area contributed by atoms with Gasteiger partial charge >= 0.3 is 0 Å². The van der Waals surface area contributed by atoms with Crippen molar-refractivity contribution < 1.29 is 14.0 Å². The second kappa shape index (κ2) is 6.11. The van der Waals surface area contributed by atoms with E-state index in [-0.39, 0.29) is 17.9 Å². The van der Waals surface area contributed by atoms with Crippen LogP contribution in [0.2, 0.25) is 0 Å². The van der Waals surface area contributed by atoms with Crippen molar-refractivity contribution in [2.24, 2.45) is 0 Å². The number of oxazole rings is 1. The zero-order valence-electron chi connectivity index (χ0n) is 13.4. The average Bonchev–Trinajstić information content (AvgIpc) is 3.13. The number of benzene rings is 1. The first-order valence-corrected chi connectivity index (χ1v) is 8.26. The Morgan fingerprint density at radius 3 is 2.50 bits per heavy atom. The Kier molecular flexibility index (Phi) is 3.80. The van der Waals surface area contributed by atoms with E-state index in [0.29, 0.717) is 31.7 Å². The molecule has 0 unspecified atom stereocenters. The molecule has 2 aromatic rings. The zero-order chi connectivity index (χ0) is 16.5. The Bertz CT molecular complexity index is 728. The molecule has 0 saturated heterocycles. The summed E-state index contributed by atoms with van der Waals surface area (Å²) in [6.07, 6.45) is 4.94. The summed E-state index contributed by atoms with van der Waals surface area (Å²) in [6.45, 7) is 1.76. The van der Waals surface area contributed by atoms with Gasteiger partial charge in [0.1, 0.15) is 6.26 Å². The monoisotopic (exact) mass is 325 g/mol. The number of aromatic nitrogens is 1. The minimum absolute atomic E-state index is 0.0878. The summed E-state index contributed by atoms with van der Waals surface area (Å²) in [5.41, 5.74) is 2.73. The number of nitrogens with zero attached hydrogens (tertiary/aromatic N) is 3. The molecule has 1 aliphatic carbocycles. The van der Waals surface area contributed by atoms with Gasteiger partial charge in [0, 0.05) is 32.1 Å². The Morgan fingerprint density at radius 1 is 1.21 bits per heavy atom. The SMILES string of the molecule is O=C(CCN(C(=O)c1cocn1)C1CC1)N1Cc2ccccc2C1. The van der Waals surface area contributed by atoms with Gasteiger partial charge in [-0.05, 0) is 24.0 Å². The molecule has 0 N–H and O–H groups in total. The number of fused-ring (bicyclic) bond motifs is 1. The number of hydrogen-bond acceptors (Lipinski definition) is 4. The molecule has 0 spiro atoms. The Hall–Kier alpha value is -2.63. The second-order valence-corrected chi connectivity index (χ2v) is 6.37. The third-order valence-corrected chi connectivity index (χ3v) is 4.66. The first-order valence-electron chi connectivity index (χ1n) is 8.26. The fourth-order valence-electron chi connectivity index (χ4n) is 3.19. The van der Waals surface area contributed by atoms with Gasteiger partial charge in [0.2, 0.25) is 5.91 Å². The van der Waals surface area contributed by atoms with E-state index in [9.17, 15) is 9.59 Å². The Labute approximate surface area is 140 Å². The zero-order valence-corrected chi connectivity index (χ0v) is 13.4. The predicted molar refractivity (Wildman–Crippen MR) is 85.9 cm³/mol. The minimum Gasteiger partial charge on any atom is -0.451 e. The van der Waals surface area contributed by atoms with Gasteiger partial charge in [-0.2, -0.15) is 0 Å². The molecule has 6 nitrogen and oxygen atoms in total. The van der Waals surface area contributed by atoms with Gasteiger partial charge in [0.25, 0.3) is 5.91 Å². The average molecular weight is 325 g/mol. The van der Waals surface area contributed by atoms with Crippen molar-refractivity contribution >= 4 is 11.8 Å². The molecule has 0 radical (unpaired) electrons. The molecular weight excluding hydrogens is 306 g/mol. The lowest BCUT2D eigenvalue weighted by Gasteiger charge is -2.23. The van der Waals surface area contributed by atoms with Crippen LogP contribution in [0.5, 0.6) is 0 Å².